The first kappa shape index (κ1) is 16.5. The number of nitrogens with one attached hydrogen (secondary N) is 1. The van der Waals surface area contributed by atoms with Gasteiger partial charge in [0, 0.05) is 10.4 Å². The molecule has 1 amide bonds. The number of thiophene rings is 1. The summed E-state index contributed by atoms with van der Waals surface area (Å²) in [6.45, 7) is 2.43. The molecule has 0 saturated carbocycles. The zero-order valence-corrected chi connectivity index (χ0v) is 14.5. The van der Waals surface area contributed by atoms with Crippen LogP contribution in [0.1, 0.15) is 44.5 Å². The largest absolute Gasteiger partial charge is 0.494 e. The number of aryl methyl sites for hydroxylation is 1. The zero-order valence-electron chi connectivity index (χ0n) is 13.7. The number of esters is 1. The lowest BCUT2D eigenvalue weighted by Gasteiger charge is -2.08. The van der Waals surface area contributed by atoms with Crippen molar-refractivity contribution in [3.8, 4) is 5.75 Å². The van der Waals surface area contributed by atoms with E-state index in [1.54, 1.807) is 24.3 Å². The normalized spacial score (nSPS) is 12.6. The molecule has 0 atom stereocenters. The van der Waals surface area contributed by atoms with Gasteiger partial charge in [-0.3, -0.25) is 4.79 Å². The molecule has 2 aromatic rings. The summed E-state index contributed by atoms with van der Waals surface area (Å²) in [5.74, 6) is -0.0126. The van der Waals surface area contributed by atoms with E-state index in [0.29, 0.717) is 28.5 Å². The third kappa shape index (κ3) is 3.14. The summed E-state index contributed by atoms with van der Waals surface area (Å²) in [5.41, 5.74) is 2.01. The first-order valence-electron chi connectivity index (χ1n) is 7.91. The maximum atomic E-state index is 12.5. The van der Waals surface area contributed by atoms with E-state index in [1.807, 2.05) is 6.92 Å². The Balaban J connectivity index is 1.87. The van der Waals surface area contributed by atoms with Gasteiger partial charge in [0.05, 0.1) is 19.3 Å². The molecule has 0 aliphatic heterocycles. The summed E-state index contributed by atoms with van der Waals surface area (Å²) < 4.78 is 10.3. The van der Waals surface area contributed by atoms with E-state index in [9.17, 15) is 9.59 Å². The molecule has 3 rings (SSSR count). The smallest absolute Gasteiger partial charge is 0.341 e. The summed E-state index contributed by atoms with van der Waals surface area (Å²) in [6, 6.07) is 6.99. The number of hydrogen-bond acceptors (Lipinski definition) is 5. The summed E-state index contributed by atoms with van der Waals surface area (Å²) >= 11 is 1.47. The molecule has 0 saturated heterocycles. The van der Waals surface area contributed by atoms with Crippen molar-refractivity contribution in [3.05, 3.63) is 45.8 Å². The van der Waals surface area contributed by atoms with E-state index in [4.69, 9.17) is 9.47 Å². The van der Waals surface area contributed by atoms with Crippen molar-refractivity contribution in [1.82, 2.24) is 0 Å². The number of fused-ring (bicyclic) bond motifs is 1. The molecule has 1 N–H and O–H groups in total. The highest BCUT2D eigenvalue weighted by Crippen LogP contribution is 2.39. The van der Waals surface area contributed by atoms with Crippen LogP contribution in [0.15, 0.2) is 24.3 Å². The molecule has 0 bridgehead atoms. The average molecular weight is 345 g/mol. The number of rotatable bonds is 5. The monoisotopic (exact) mass is 345 g/mol. The van der Waals surface area contributed by atoms with Gasteiger partial charge >= 0.3 is 5.97 Å². The van der Waals surface area contributed by atoms with E-state index in [0.717, 1.165) is 29.7 Å². The van der Waals surface area contributed by atoms with Crippen molar-refractivity contribution in [2.75, 3.05) is 19.0 Å². The van der Waals surface area contributed by atoms with Crippen molar-refractivity contribution in [2.45, 2.75) is 26.2 Å². The molecular weight excluding hydrogens is 326 g/mol. The summed E-state index contributed by atoms with van der Waals surface area (Å²) in [6.07, 6.45) is 2.83. The third-order valence-corrected chi connectivity index (χ3v) is 5.15. The lowest BCUT2D eigenvalue weighted by atomic mass is 10.1. The minimum Gasteiger partial charge on any atom is -0.494 e. The molecule has 0 radical (unpaired) electrons. The van der Waals surface area contributed by atoms with Crippen LogP contribution in [-0.4, -0.2) is 25.6 Å². The van der Waals surface area contributed by atoms with Gasteiger partial charge in [0.1, 0.15) is 10.8 Å². The second-order valence-corrected chi connectivity index (χ2v) is 6.57. The van der Waals surface area contributed by atoms with E-state index in [2.05, 4.69) is 5.32 Å². The van der Waals surface area contributed by atoms with Gasteiger partial charge in [-0.05, 0) is 49.9 Å². The highest BCUT2D eigenvalue weighted by molar-refractivity contribution is 7.17. The number of carbonyl (C=O) groups is 2. The van der Waals surface area contributed by atoms with E-state index in [1.165, 1.54) is 18.4 Å². The van der Waals surface area contributed by atoms with Crippen LogP contribution in [-0.2, 0) is 17.6 Å². The topological polar surface area (TPSA) is 64.6 Å². The maximum absolute atomic E-state index is 12.5. The predicted molar refractivity (Wildman–Crippen MR) is 93.2 cm³/mol. The molecule has 0 fully saturated rings. The van der Waals surface area contributed by atoms with Gasteiger partial charge < -0.3 is 14.8 Å². The Hall–Kier alpha value is -2.34. The van der Waals surface area contributed by atoms with E-state index < -0.39 is 5.97 Å². The zero-order chi connectivity index (χ0) is 17.1. The highest BCUT2D eigenvalue weighted by Gasteiger charge is 2.28. The van der Waals surface area contributed by atoms with Gasteiger partial charge in [0.15, 0.2) is 0 Å². The number of hydrogen-bond donors (Lipinski definition) is 1. The van der Waals surface area contributed by atoms with Crippen molar-refractivity contribution >= 4 is 28.2 Å². The molecule has 1 aromatic carbocycles. The Kier molecular flexibility index (Phi) is 4.85. The van der Waals surface area contributed by atoms with Crippen LogP contribution in [0.25, 0.3) is 0 Å². The van der Waals surface area contributed by atoms with Gasteiger partial charge in [-0.1, -0.05) is 6.07 Å². The Morgan fingerprint density at radius 2 is 2.12 bits per heavy atom. The predicted octanol–water partition coefficient (Wildman–Crippen LogP) is 3.67. The summed E-state index contributed by atoms with van der Waals surface area (Å²) in [5, 5.41) is 3.43. The van der Waals surface area contributed by atoms with Gasteiger partial charge in [0.25, 0.3) is 5.91 Å². The Labute approximate surface area is 144 Å². The number of ether oxygens (including phenoxy) is 2. The summed E-state index contributed by atoms with van der Waals surface area (Å²) in [4.78, 5) is 25.8. The third-order valence-electron chi connectivity index (χ3n) is 3.95. The van der Waals surface area contributed by atoms with Crippen LogP contribution in [0.5, 0.6) is 5.75 Å². The van der Waals surface area contributed by atoms with Crippen LogP contribution in [0.3, 0.4) is 0 Å². The molecule has 1 heterocycles. The van der Waals surface area contributed by atoms with Crippen LogP contribution in [0.4, 0.5) is 5.00 Å². The van der Waals surface area contributed by atoms with Crippen LogP contribution in [0, 0.1) is 0 Å². The summed E-state index contributed by atoms with van der Waals surface area (Å²) in [7, 11) is 1.36. The van der Waals surface area contributed by atoms with Crippen molar-refractivity contribution in [2.24, 2.45) is 0 Å². The van der Waals surface area contributed by atoms with Crippen molar-refractivity contribution < 1.29 is 19.1 Å². The van der Waals surface area contributed by atoms with Crippen LogP contribution in [0.2, 0.25) is 0 Å². The number of methoxy groups -OCH3 is 1. The minimum atomic E-state index is -0.396. The van der Waals surface area contributed by atoms with E-state index in [-0.39, 0.29) is 5.91 Å². The van der Waals surface area contributed by atoms with Crippen LogP contribution >= 0.6 is 11.3 Å². The van der Waals surface area contributed by atoms with Crippen molar-refractivity contribution in [1.29, 1.82) is 0 Å². The molecule has 0 unspecified atom stereocenters. The fraction of sp³-hybridized carbons (Fsp3) is 0.333. The van der Waals surface area contributed by atoms with Crippen LogP contribution < -0.4 is 10.1 Å². The minimum absolute atomic E-state index is 0.262. The first-order valence-corrected chi connectivity index (χ1v) is 8.72. The molecule has 24 heavy (non-hydrogen) atoms. The van der Waals surface area contributed by atoms with Gasteiger partial charge in [0.2, 0.25) is 0 Å². The fourth-order valence-corrected chi connectivity index (χ4v) is 4.15. The van der Waals surface area contributed by atoms with Crippen molar-refractivity contribution in [3.63, 3.8) is 0 Å². The van der Waals surface area contributed by atoms with E-state index >= 15 is 0 Å². The molecular formula is C18H19NO4S. The van der Waals surface area contributed by atoms with Gasteiger partial charge in [-0.25, -0.2) is 4.79 Å². The number of anilines is 1. The van der Waals surface area contributed by atoms with Gasteiger partial charge in [-0.15, -0.1) is 11.3 Å². The number of benzene rings is 1. The first-order chi connectivity index (χ1) is 11.6. The molecule has 1 aliphatic rings. The molecule has 0 spiro atoms. The molecule has 1 aromatic heterocycles. The number of carbonyl (C=O) groups excluding carboxylic acids is 2. The highest BCUT2D eigenvalue weighted by atomic mass is 32.1. The second kappa shape index (κ2) is 7.05. The Morgan fingerprint density at radius 3 is 2.88 bits per heavy atom. The fourth-order valence-electron chi connectivity index (χ4n) is 2.88. The number of amides is 1. The maximum Gasteiger partial charge on any atom is 0.341 e. The Morgan fingerprint density at radius 1 is 1.29 bits per heavy atom. The lowest BCUT2D eigenvalue weighted by molar-refractivity contribution is 0.0601. The lowest BCUT2D eigenvalue weighted by Crippen LogP contribution is -2.14. The SMILES string of the molecule is CCOc1cccc(C(=O)Nc2sc3c(c2C(=O)OC)CCC3)c1. The molecule has 5 nitrogen and oxygen atoms in total. The van der Waals surface area contributed by atoms with Gasteiger partial charge in [-0.2, -0.15) is 0 Å². The molecule has 6 heteroatoms. The standard InChI is InChI=1S/C18H19NO4S/c1-3-23-12-7-4-6-11(10-12)16(20)19-17-15(18(21)22-2)13-8-5-9-14(13)24-17/h4,6-7,10H,3,5,8-9H2,1-2H3,(H,19,20). The second-order valence-electron chi connectivity index (χ2n) is 5.47. The quantitative estimate of drug-likeness (QED) is 0.840. The average Bonchev–Trinajstić information content (AvgIpc) is 3.15. The molecule has 1 aliphatic carbocycles. The Bertz CT molecular complexity index is 781. The molecule has 126 valence electrons.